The van der Waals surface area contributed by atoms with Crippen LogP contribution in [0.5, 0.6) is 0 Å². The second-order valence-electron chi connectivity index (χ2n) is 3.85. The van der Waals surface area contributed by atoms with Crippen LogP contribution in [0.25, 0.3) is 6.08 Å². The normalized spacial score (nSPS) is 19.1. The zero-order valence-corrected chi connectivity index (χ0v) is 11.0. The molecule has 0 saturated heterocycles. The zero-order valence-electron chi connectivity index (χ0n) is 8.64. The minimum Gasteiger partial charge on any atom is -0.393 e. The van der Waals surface area contributed by atoms with Crippen molar-refractivity contribution in [3.63, 3.8) is 0 Å². The van der Waals surface area contributed by atoms with Crippen molar-refractivity contribution >= 4 is 31.8 Å². The maximum Gasteiger partial charge on any atom is 0.203 e. The molecule has 0 fully saturated rings. The van der Waals surface area contributed by atoms with Crippen LogP contribution in [0.15, 0.2) is 32.5 Å². The molecule has 0 radical (unpaired) electrons. The Hall–Kier alpha value is -0.650. The molecule has 1 heterocycles. The Bertz CT molecular complexity index is 559. The molecular formula is C11H11BrO3S. The molecule has 2 rings (SSSR count). The lowest BCUT2D eigenvalue weighted by Crippen LogP contribution is -2.07. The van der Waals surface area contributed by atoms with Crippen molar-refractivity contribution in [1.29, 1.82) is 0 Å². The van der Waals surface area contributed by atoms with Gasteiger partial charge in [-0.2, -0.15) is 0 Å². The molecule has 1 aliphatic heterocycles. The maximum atomic E-state index is 12.1. The van der Waals surface area contributed by atoms with Crippen molar-refractivity contribution in [2.24, 2.45) is 0 Å². The summed E-state index contributed by atoms with van der Waals surface area (Å²) in [6.45, 7) is 1.58. The number of hydrogen-bond donors (Lipinski definition) is 1. The quantitative estimate of drug-likeness (QED) is 0.912. The molecule has 0 aliphatic carbocycles. The molecule has 1 aromatic rings. The van der Waals surface area contributed by atoms with Crippen molar-refractivity contribution in [3.8, 4) is 0 Å². The van der Waals surface area contributed by atoms with E-state index in [4.69, 9.17) is 0 Å². The largest absolute Gasteiger partial charge is 0.393 e. The molecule has 1 aromatic carbocycles. The number of hydrogen-bond acceptors (Lipinski definition) is 3. The lowest BCUT2D eigenvalue weighted by atomic mass is 10.2. The third-order valence-corrected chi connectivity index (χ3v) is 4.82. The van der Waals surface area contributed by atoms with Crippen LogP contribution in [0.3, 0.4) is 0 Å². The van der Waals surface area contributed by atoms with E-state index in [2.05, 4.69) is 15.9 Å². The van der Waals surface area contributed by atoms with Crippen LogP contribution in [0.2, 0.25) is 0 Å². The molecule has 0 amide bonds. The van der Waals surface area contributed by atoms with E-state index in [1.807, 2.05) is 0 Å². The van der Waals surface area contributed by atoms with Crippen molar-refractivity contribution in [3.05, 3.63) is 33.1 Å². The third-order valence-electron chi connectivity index (χ3n) is 2.42. The summed E-state index contributed by atoms with van der Waals surface area (Å²) in [7, 11) is -3.39. The summed E-state index contributed by atoms with van der Waals surface area (Å²) in [4.78, 5) is 0.605. The van der Waals surface area contributed by atoms with Gasteiger partial charge in [-0.1, -0.05) is 22.0 Å². The van der Waals surface area contributed by atoms with Gasteiger partial charge >= 0.3 is 0 Å². The van der Waals surface area contributed by atoms with Gasteiger partial charge in [0.25, 0.3) is 0 Å². The van der Waals surface area contributed by atoms with E-state index >= 15 is 0 Å². The summed E-state index contributed by atoms with van der Waals surface area (Å²) in [6.07, 6.45) is 1.14. The van der Waals surface area contributed by atoms with E-state index in [-0.39, 0.29) is 11.3 Å². The molecule has 0 aromatic heterocycles. The number of fused-ring (bicyclic) bond motifs is 1. The molecule has 16 heavy (non-hydrogen) atoms. The maximum absolute atomic E-state index is 12.1. The summed E-state index contributed by atoms with van der Waals surface area (Å²) in [5.74, 6) is 0. The lowest BCUT2D eigenvalue weighted by Gasteiger charge is -2.05. The Labute approximate surface area is 103 Å². The molecule has 1 unspecified atom stereocenters. The SMILES string of the molecule is CC(O)CC1=Cc2ccc(Br)cc2S1(=O)=O. The molecule has 0 bridgehead atoms. The van der Waals surface area contributed by atoms with Crippen molar-refractivity contribution in [2.45, 2.75) is 24.3 Å². The molecule has 1 N–H and O–H groups in total. The van der Waals surface area contributed by atoms with Gasteiger partial charge in [-0.05, 0) is 30.7 Å². The summed E-state index contributed by atoms with van der Waals surface area (Å²) < 4.78 is 24.9. The summed E-state index contributed by atoms with van der Waals surface area (Å²) >= 11 is 3.25. The van der Waals surface area contributed by atoms with Gasteiger partial charge in [0.05, 0.1) is 15.9 Å². The molecule has 0 saturated carbocycles. The number of aliphatic hydroxyl groups excluding tert-OH is 1. The molecular weight excluding hydrogens is 292 g/mol. The topological polar surface area (TPSA) is 54.4 Å². The van der Waals surface area contributed by atoms with Crippen LogP contribution >= 0.6 is 15.9 Å². The van der Waals surface area contributed by atoms with Crippen molar-refractivity contribution < 1.29 is 13.5 Å². The van der Waals surface area contributed by atoms with Gasteiger partial charge in [0.1, 0.15) is 0 Å². The predicted molar refractivity (Wildman–Crippen MR) is 65.6 cm³/mol. The number of benzene rings is 1. The number of rotatable bonds is 2. The second-order valence-corrected chi connectivity index (χ2v) is 6.74. The Morgan fingerprint density at radius 1 is 1.44 bits per heavy atom. The Morgan fingerprint density at radius 3 is 2.75 bits per heavy atom. The van der Waals surface area contributed by atoms with E-state index in [9.17, 15) is 13.5 Å². The monoisotopic (exact) mass is 302 g/mol. The smallest absolute Gasteiger partial charge is 0.203 e. The summed E-state index contributed by atoms with van der Waals surface area (Å²) in [6, 6.07) is 5.15. The van der Waals surface area contributed by atoms with Crippen LogP contribution in [0.4, 0.5) is 0 Å². The van der Waals surface area contributed by atoms with Gasteiger partial charge in [-0.3, -0.25) is 0 Å². The van der Waals surface area contributed by atoms with Gasteiger partial charge in [0.2, 0.25) is 9.84 Å². The van der Waals surface area contributed by atoms with E-state index < -0.39 is 15.9 Å². The highest BCUT2D eigenvalue weighted by Crippen LogP contribution is 2.36. The average molecular weight is 303 g/mol. The fourth-order valence-corrected chi connectivity index (χ4v) is 3.97. The third kappa shape index (κ3) is 1.95. The summed E-state index contributed by atoms with van der Waals surface area (Å²) in [5.41, 5.74) is 0.693. The Balaban J connectivity index is 2.52. The van der Waals surface area contributed by atoms with E-state index in [0.29, 0.717) is 10.5 Å². The van der Waals surface area contributed by atoms with Gasteiger partial charge in [0, 0.05) is 10.9 Å². The van der Waals surface area contributed by atoms with Gasteiger partial charge in [-0.25, -0.2) is 8.42 Å². The van der Waals surface area contributed by atoms with Crippen LogP contribution in [0, 0.1) is 0 Å². The number of sulfone groups is 1. The van der Waals surface area contributed by atoms with Crippen LogP contribution < -0.4 is 0 Å². The van der Waals surface area contributed by atoms with Gasteiger partial charge in [0.15, 0.2) is 0 Å². The number of halogens is 1. The second kappa shape index (κ2) is 3.98. The first-order valence-electron chi connectivity index (χ1n) is 4.84. The van der Waals surface area contributed by atoms with Crippen molar-refractivity contribution in [1.82, 2.24) is 0 Å². The first-order chi connectivity index (χ1) is 7.41. The molecule has 1 atom stereocenters. The van der Waals surface area contributed by atoms with E-state index in [1.165, 1.54) is 0 Å². The van der Waals surface area contributed by atoms with Gasteiger partial charge in [-0.15, -0.1) is 0 Å². The standard InChI is InChI=1S/C11H11BrO3S/c1-7(13)4-10-5-8-2-3-9(12)6-11(8)16(10,14)15/h2-3,5-7,13H,4H2,1H3. The highest BCUT2D eigenvalue weighted by Gasteiger charge is 2.29. The highest BCUT2D eigenvalue weighted by atomic mass is 79.9. The molecule has 5 heteroatoms. The predicted octanol–water partition coefficient (Wildman–Crippen LogP) is 2.35. The first kappa shape index (κ1) is 11.8. The van der Waals surface area contributed by atoms with Crippen LogP contribution in [-0.2, 0) is 9.84 Å². The number of aliphatic hydroxyl groups is 1. The minimum atomic E-state index is -3.39. The molecule has 1 aliphatic rings. The van der Waals surface area contributed by atoms with Crippen molar-refractivity contribution in [2.75, 3.05) is 0 Å². The fraction of sp³-hybridized carbons (Fsp3) is 0.273. The lowest BCUT2D eigenvalue weighted by molar-refractivity contribution is 0.197. The first-order valence-corrected chi connectivity index (χ1v) is 7.12. The summed E-state index contributed by atoms with van der Waals surface area (Å²) in [5, 5.41) is 9.26. The Kier molecular flexibility index (Phi) is 2.94. The van der Waals surface area contributed by atoms with E-state index in [0.717, 1.165) is 4.47 Å². The zero-order chi connectivity index (χ0) is 11.9. The highest BCUT2D eigenvalue weighted by molar-refractivity contribution is 9.10. The van der Waals surface area contributed by atoms with Crippen LogP contribution in [0.1, 0.15) is 18.9 Å². The molecule has 86 valence electrons. The minimum absolute atomic E-state index is 0.161. The fourth-order valence-electron chi connectivity index (χ4n) is 1.71. The molecule has 3 nitrogen and oxygen atoms in total. The molecule has 0 spiro atoms. The van der Waals surface area contributed by atoms with Gasteiger partial charge < -0.3 is 5.11 Å². The van der Waals surface area contributed by atoms with E-state index in [1.54, 1.807) is 31.2 Å². The van der Waals surface area contributed by atoms with Crippen LogP contribution in [-0.4, -0.2) is 19.6 Å². The Morgan fingerprint density at radius 2 is 2.12 bits per heavy atom. The average Bonchev–Trinajstić information content (AvgIpc) is 2.40.